The summed E-state index contributed by atoms with van der Waals surface area (Å²) in [5.41, 5.74) is 8.47. The number of anilines is 1. The van der Waals surface area contributed by atoms with E-state index in [9.17, 15) is 0 Å². The van der Waals surface area contributed by atoms with E-state index >= 15 is 0 Å². The van der Waals surface area contributed by atoms with Crippen LogP contribution in [0.2, 0.25) is 0 Å². The van der Waals surface area contributed by atoms with Gasteiger partial charge in [0.1, 0.15) is 12.4 Å². The van der Waals surface area contributed by atoms with E-state index in [1.165, 1.54) is 11.9 Å². The van der Waals surface area contributed by atoms with E-state index in [0.29, 0.717) is 24.7 Å². The van der Waals surface area contributed by atoms with Crippen molar-refractivity contribution in [3.8, 4) is 0 Å². The molecule has 0 radical (unpaired) electrons. The molecule has 7 heteroatoms. The standard InChI is InChI=1S/C17H19N5O2/c18-16-17-19-8-14(22(17)21-11-20-16)15-7-6-13(24-15)10-23-9-12-4-2-1-3-5-12/h1-5,8,11,13,15H,6-7,9-10H2,(H2,18,20,21)/t13-,15+/m0/s1. The van der Waals surface area contributed by atoms with Crippen LogP contribution in [-0.4, -0.2) is 32.3 Å². The highest BCUT2D eigenvalue weighted by Gasteiger charge is 2.29. The van der Waals surface area contributed by atoms with Gasteiger partial charge in [-0.2, -0.15) is 5.10 Å². The summed E-state index contributed by atoms with van der Waals surface area (Å²) in [6.07, 6.45) is 5.11. The quantitative estimate of drug-likeness (QED) is 0.773. The Morgan fingerprint density at radius 1 is 1.21 bits per heavy atom. The van der Waals surface area contributed by atoms with Gasteiger partial charge < -0.3 is 15.2 Å². The first-order chi connectivity index (χ1) is 11.8. The van der Waals surface area contributed by atoms with Gasteiger partial charge in [0.2, 0.25) is 0 Å². The number of nitrogens with zero attached hydrogens (tertiary/aromatic N) is 4. The van der Waals surface area contributed by atoms with Crippen molar-refractivity contribution in [1.29, 1.82) is 0 Å². The summed E-state index contributed by atoms with van der Waals surface area (Å²) < 4.78 is 13.6. The fourth-order valence-electron chi connectivity index (χ4n) is 3.00. The lowest BCUT2D eigenvalue weighted by Crippen LogP contribution is -2.15. The van der Waals surface area contributed by atoms with Crippen LogP contribution in [0.15, 0.2) is 42.9 Å². The average molecular weight is 325 g/mol. The molecule has 1 saturated heterocycles. The fraction of sp³-hybridized carbons (Fsp3) is 0.353. The SMILES string of the molecule is Nc1ncnn2c([C@H]3CC[C@@H](COCc4ccccc4)O3)cnc12. The van der Waals surface area contributed by atoms with E-state index in [1.54, 1.807) is 10.7 Å². The van der Waals surface area contributed by atoms with Gasteiger partial charge in [0.25, 0.3) is 0 Å². The molecule has 24 heavy (non-hydrogen) atoms. The first-order valence-corrected chi connectivity index (χ1v) is 8.02. The second kappa shape index (κ2) is 6.54. The van der Waals surface area contributed by atoms with Crippen LogP contribution >= 0.6 is 0 Å². The first-order valence-electron chi connectivity index (χ1n) is 8.02. The van der Waals surface area contributed by atoms with Crippen LogP contribution in [0.3, 0.4) is 0 Å². The number of benzene rings is 1. The van der Waals surface area contributed by atoms with Gasteiger partial charge >= 0.3 is 0 Å². The Balaban J connectivity index is 1.37. The third kappa shape index (κ3) is 2.95. The minimum absolute atomic E-state index is 0.0420. The van der Waals surface area contributed by atoms with E-state index in [4.69, 9.17) is 15.2 Å². The largest absolute Gasteiger partial charge is 0.381 e. The first kappa shape index (κ1) is 15.0. The molecule has 0 saturated carbocycles. The number of rotatable bonds is 5. The molecule has 1 aliphatic rings. The van der Waals surface area contributed by atoms with Crippen molar-refractivity contribution in [2.75, 3.05) is 12.3 Å². The van der Waals surface area contributed by atoms with Crippen molar-refractivity contribution in [3.05, 3.63) is 54.1 Å². The lowest BCUT2D eigenvalue weighted by Gasteiger charge is -2.13. The molecule has 2 aromatic heterocycles. The van der Waals surface area contributed by atoms with Crippen molar-refractivity contribution in [2.45, 2.75) is 31.7 Å². The Hall–Kier alpha value is -2.51. The van der Waals surface area contributed by atoms with E-state index in [-0.39, 0.29) is 12.2 Å². The third-order valence-electron chi connectivity index (χ3n) is 4.21. The molecule has 0 bridgehead atoms. The molecule has 2 atom stereocenters. The molecule has 0 spiro atoms. The monoisotopic (exact) mass is 325 g/mol. The summed E-state index contributed by atoms with van der Waals surface area (Å²) >= 11 is 0. The molecule has 1 aromatic carbocycles. The maximum Gasteiger partial charge on any atom is 0.196 e. The van der Waals surface area contributed by atoms with Crippen LogP contribution in [0.25, 0.3) is 5.65 Å². The van der Waals surface area contributed by atoms with Gasteiger partial charge in [0.15, 0.2) is 11.5 Å². The van der Waals surface area contributed by atoms with Crippen molar-refractivity contribution in [2.24, 2.45) is 0 Å². The second-order valence-corrected chi connectivity index (χ2v) is 5.89. The lowest BCUT2D eigenvalue weighted by atomic mass is 10.1. The van der Waals surface area contributed by atoms with Crippen molar-refractivity contribution >= 4 is 11.5 Å². The van der Waals surface area contributed by atoms with Gasteiger partial charge in [-0.15, -0.1) is 0 Å². The van der Waals surface area contributed by atoms with Crippen molar-refractivity contribution < 1.29 is 9.47 Å². The number of hydrogen-bond donors (Lipinski definition) is 1. The molecule has 4 rings (SSSR count). The van der Waals surface area contributed by atoms with E-state index < -0.39 is 0 Å². The molecule has 1 fully saturated rings. The summed E-state index contributed by atoms with van der Waals surface area (Å²) in [6, 6.07) is 10.1. The van der Waals surface area contributed by atoms with E-state index in [2.05, 4.69) is 27.2 Å². The topological polar surface area (TPSA) is 87.6 Å². The van der Waals surface area contributed by atoms with Crippen molar-refractivity contribution in [1.82, 2.24) is 19.6 Å². The molecular weight excluding hydrogens is 306 g/mol. The molecule has 7 nitrogen and oxygen atoms in total. The number of imidazole rings is 1. The Morgan fingerprint density at radius 2 is 2.08 bits per heavy atom. The molecule has 124 valence electrons. The highest BCUT2D eigenvalue weighted by atomic mass is 16.5. The number of nitrogen functional groups attached to an aromatic ring is 1. The minimum Gasteiger partial charge on any atom is -0.381 e. The van der Waals surface area contributed by atoms with Crippen LogP contribution in [0.5, 0.6) is 0 Å². The maximum absolute atomic E-state index is 6.10. The van der Waals surface area contributed by atoms with Crippen LogP contribution < -0.4 is 5.73 Å². The summed E-state index contributed by atoms with van der Waals surface area (Å²) in [6.45, 7) is 1.18. The van der Waals surface area contributed by atoms with E-state index in [0.717, 1.165) is 18.5 Å². The second-order valence-electron chi connectivity index (χ2n) is 5.89. The molecule has 2 N–H and O–H groups in total. The average Bonchev–Trinajstić information content (AvgIpc) is 3.23. The zero-order valence-corrected chi connectivity index (χ0v) is 13.2. The van der Waals surface area contributed by atoms with Gasteiger partial charge in [0.05, 0.1) is 31.2 Å². The van der Waals surface area contributed by atoms with Crippen LogP contribution in [0.4, 0.5) is 5.82 Å². The van der Waals surface area contributed by atoms with Crippen LogP contribution in [-0.2, 0) is 16.1 Å². The van der Waals surface area contributed by atoms with Crippen molar-refractivity contribution in [3.63, 3.8) is 0 Å². The zero-order valence-electron chi connectivity index (χ0n) is 13.2. The number of fused-ring (bicyclic) bond motifs is 1. The third-order valence-corrected chi connectivity index (χ3v) is 4.21. The number of nitrogens with two attached hydrogens (primary N) is 1. The van der Waals surface area contributed by atoms with Gasteiger partial charge in [0, 0.05) is 0 Å². The summed E-state index contributed by atoms with van der Waals surface area (Å²) in [5.74, 6) is 0.372. The fourth-order valence-corrected chi connectivity index (χ4v) is 3.00. The van der Waals surface area contributed by atoms with E-state index in [1.807, 2.05) is 18.2 Å². The summed E-state index contributed by atoms with van der Waals surface area (Å²) in [4.78, 5) is 8.25. The van der Waals surface area contributed by atoms with Gasteiger partial charge in [-0.1, -0.05) is 30.3 Å². The molecule has 1 aliphatic heterocycles. The minimum atomic E-state index is -0.0420. The Labute approximate surface area is 139 Å². The number of aromatic nitrogens is 4. The predicted molar refractivity (Wildman–Crippen MR) is 88.1 cm³/mol. The Bertz CT molecular complexity index is 820. The molecular formula is C17H19N5O2. The molecule has 0 unspecified atom stereocenters. The lowest BCUT2D eigenvalue weighted by molar-refractivity contribution is -0.0221. The van der Waals surface area contributed by atoms with Gasteiger partial charge in [-0.3, -0.25) is 0 Å². The zero-order chi connectivity index (χ0) is 16.4. The predicted octanol–water partition coefficient (Wildman–Crippen LogP) is 2.14. The molecule has 3 heterocycles. The highest BCUT2D eigenvalue weighted by Crippen LogP contribution is 2.33. The molecule has 3 aromatic rings. The maximum atomic E-state index is 6.10. The normalized spacial score (nSPS) is 20.7. The van der Waals surface area contributed by atoms with Crippen LogP contribution in [0, 0.1) is 0 Å². The summed E-state index contributed by atoms with van der Waals surface area (Å²) in [7, 11) is 0. The van der Waals surface area contributed by atoms with Gasteiger partial charge in [-0.25, -0.2) is 14.5 Å². The van der Waals surface area contributed by atoms with Crippen LogP contribution in [0.1, 0.15) is 30.2 Å². The number of hydrogen-bond acceptors (Lipinski definition) is 6. The summed E-state index contributed by atoms with van der Waals surface area (Å²) in [5, 5.41) is 4.23. The Morgan fingerprint density at radius 3 is 2.96 bits per heavy atom. The molecule has 0 amide bonds. The molecule has 0 aliphatic carbocycles. The highest BCUT2D eigenvalue weighted by molar-refractivity contribution is 5.58. The number of ether oxygens (including phenoxy) is 2. The smallest absolute Gasteiger partial charge is 0.196 e. The van der Waals surface area contributed by atoms with Gasteiger partial charge in [-0.05, 0) is 18.4 Å². The Kier molecular flexibility index (Phi) is 4.10.